The lowest BCUT2D eigenvalue weighted by Gasteiger charge is -2.18. The largest absolute Gasteiger partial charge is 0.324 e. The molecule has 1 saturated heterocycles. The van der Waals surface area contributed by atoms with Crippen molar-refractivity contribution in [2.75, 3.05) is 18.4 Å². The number of rotatable bonds is 2. The molecular formula is C14H17N5OS. The van der Waals surface area contributed by atoms with Crippen LogP contribution in [0.1, 0.15) is 6.92 Å². The summed E-state index contributed by atoms with van der Waals surface area (Å²) in [6.07, 6.45) is 1.74. The quantitative estimate of drug-likeness (QED) is 0.925. The molecule has 1 aliphatic carbocycles. The van der Waals surface area contributed by atoms with Gasteiger partial charge in [-0.15, -0.1) is 11.3 Å². The van der Waals surface area contributed by atoms with Crippen molar-refractivity contribution in [2.24, 2.45) is 24.8 Å². The zero-order chi connectivity index (χ0) is 14.6. The van der Waals surface area contributed by atoms with Crippen LogP contribution < -0.4 is 5.32 Å². The fourth-order valence-corrected chi connectivity index (χ4v) is 3.93. The molecule has 2 aliphatic rings. The lowest BCUT2D eigenvalue weighted by molar-refractivity contribution is 0.215. The van der Waals surface area contributed by atoms with Crippen LogP contribution in [0.25, 0.3) is 11.4 Å². The number of likely N-dealkylation sites (tertiary alicyclic amines) is 1. The maximum Gasteiger partial charge on any atom is 0.323 e. The van der Waals surface area contributed by atoms with Crippen LogP contribution in [-0.4, -0.2) is 38.8 Å². The predicted octanol–water partition coefficient (Wildman–Crippen LogP) is 2.27. The summed E-state index contributed by atoms with van der Waals surface area (Å²) in [6.45, 7) is 4.04. The summed E-state index contributed by atoms with van der Waals surface area (Å²) in [6, 6.07) is 1.89. The molecule has 1 unspecified atom stereocenters. The monoisotopic (exact) mass is 303 g/mol. The van der Waals surface area contributed by atoms with E-state index in [1.807, 2.05) is 23.4 Å². The van der Waals surface area contributed by atoms with Gasteiger partial charge in [-0.3, -0.25) is 10.00 Å². The Morgan fingerprint density at radius 3 is 2.86 bits per heavy atom. The number of carbonyl (C=O) groups excluding carboxylic acids is 1. The van der Waals surface area contributed by atoms with Gasteiger partial charge in [0, 0.05) is 31.7 Å². The highest BCUT2D eigenvalue weighted by molar-refractivity contribution is 7.14. The second-order valence-electron chi connectivity index (χ2n) is 5.90. The maximum atomic E-state index is 12.2. The highest BCUT2D eigenvalue weighted by Crippen LogP contribution is 2.51. The number of aromatic nitrogens is 3. The summed E-state index contributed by atoms with van der Waals surface area (Å²) < 4.78 is 1.77. The zero-order valence-corrected chi connectivity index (χ0v) is 12.8. The first-order valence-electron chi connectivity index (χ1n) is 7.13. The highest BCUT2D eigenvalue weighted by atomic mass is 32.1. The molecule has 21 heavy (non-hydrogen) atoms. The Morgan fingerprint density at radius 2 is 2.19 bits per heavy atom. The van der Waals surface area contributed by atoms with E-state index in [1.54, 1.807) is 10.9 Å². The molecule has 2 aromatic rings. The second-order valence-corrected chi connectivity index (χ2v) is 6.76. The van der Waals surface area contributed by atoms with Crippen LogP contribution in [0.2, 0.25) is 0 Å². The number of anilines is 1. The summed E-state index contributed by atoms with van der Waals surface area (Å²) in [5, 5.41) is 9.62. The molecule has 3 atom stereocenters. The van der Waals surface area contributed by atoms with Crippen molar-refractivity contribution in [3.8, 4) is 11.4 Å². The van der Waals surface area contributed by atoms with E-state index >= 15 is 0 Å². The lowest BCUT2D eigenvalue weighted by atomic mass is 10.3. The number of thiazole rings is 1. The van der Waals surface area contributed by atoms with Crippen LogP contribution in [-0.2, 0) is 7.05 Å². The van der Waals surface area contributed by atoms with Crippen molar-refractivity contribution in [3.63, 3.8) is 0 Å². The van der Waals surface area contributed by atoms with Crippen molar-refractivity contribution in [1.82, 2.24) is 19.7 Å². The van der Waals surface area contributed by atoms with Crippen LogP contribution >= 0.6 is 11.3 Å². The van der Waals surface area contributed by atoms with E-state index in [9.17, 15) is 4.79 Å². The molecule has 2 amide bonds. The predicted molar refractivity (Wildman–Crippen MR) is 81.1 cm³/mol. The van der Waals surface area contributed by atoms with E-state index in [2.05, 4.69) is 22.3 Å². The number of urea groups is 1. The number of nitrogens with one attached hydrogen (secondary N) is 1. The first-order valence-corrected chi connectivity index (χ1v) is 8.01. The minimum Gasteiger partial charge on any atom is -0.324 e. The Balaban J connectivity index is 1.43. The zero-order valence-electron chi connectivity index (χ0n) is 12.0. The molecule has 0 radical (unpaired) electrons. The summed E-state index contributed by atoms with van der Waals surface area (Å²) >= 11 is 1.45. The Bertz CT molecular complexity index is 681. The van der Waals surface area contributed by atoms with Crippen molar-refractivity contribution < 1.29 is 4.79 Å². The number of fused-ring (bicyclic) bond motifs is 1. The van der Waals surface area contributed by atoms with Crippen LogP contribution in [0.5, 0.6) is 0 Å². The van der Waals surface area contributed by atoms with Gasteiger partial charge in [0.05, 0.1) is 5.69 Å². The van der Waals surface area contributed by atoms with Gasteiger partial charge in [-0.1, -0.05) is 6.92 Å². The maximum absolute atomic E-state index is 12.2. The third kappa shape index (κ3) is 2.12. The lowest BCUT2D eigenvalue weighted by Crippen LogP contribution is -2.35. The average Bonchev–Trinajstić information content (AvgIpc) is 2.98. The summed E-state index contributed by atoms with van der Waals surface area (Å²) in [7, 11) is 1.88. The normalized spacial score (nSPS) is 26.8. The van der Waals surface area contributed by atoms with Crippen LogP contribution in [0.4, 0.5) is 9.93 Å². The SMILES string of the molecule is CC1[C@H]2CN(C(=O)Nc3nc(-c4ccnn4C)cs3)C[C@@H]12. The molecule has 2 fully saturated rings. The molecule has 4 rings (SSSR count). The molecule has 2 aromatic heterocycles. The number of nitrogens with zero attached hydrogens (tertiary/aromatic N) is 4. The minimum absolute atomic E-state index is 0.0275. The molecule has 3 heterocycles. The first-order chi connectivity index (χ1) is 10.1. The number of hydrogen-bond acceptors (Lipinski definition) is 4. The van der Waals surface area contributed by atoms with Gasteiger partial charge >= 0.3 is 6.03 Å². The Labute approximate surface area is 126 Å². The van der Waals surface area contributed by atoms with Gasteiger partial charge in [-0.05, 0) is 23.8 Å². The standard InChI is InChI=1S/C14H17N5OS/c1-8-9-5-19(6-10(8)9)14(20)17-13-16-11(7-21-13)12-3-4-15-18(12)2/h3-4,7-10H,5-6H2,1-2H3,(H,16,17,20)/t8?,9-,10+. The fraction of sp³-hybridized carbons (Fsp3) is 0.500. The molecule has 110 valence electrons. The smallest absolute Gasteiger partial charge is 0.323 e. The molecule has 6 nitrogen and oxygen atoms in total. The molecule has 0 spiro atoms. The third-order valence-corrected chi connectivity index (χ3v) is 5.47. The number of aryl methyl sites for hydroxylation is 1. The summed E-state index contributed by atoms with van der Waals surface area (Å²) in [5.41, 5.74) is 1.79. The van der Waals surface area contributed by atoms with Gasteiger partial charge < -0.3 is 4.90 Å². The van der Waals surface area contributed by atoms with E-state index in [1.165, 1.54) is 11.3 Å². The molecular weight excluding hydrogens is 286 g/mol. The number of amides is 2. The average molecular weight is 303 g/mol. The molecule has 1 aliphatic heterocycles. The Morgan fingerprint density at radius 1 is 1.43 bits per heavy atom. The number of hydrogen-bond donors (Lipinski definition) is 1. The first kappa shape index (κ1) is 12.8. The van der Waals surface area contributed by atoms with Crippen LogP contribution in [0.3, 0.4) is 0 Å². The molecule has 0 aromatic carbocycles. The van der Waals surface area contributed by atoms with Crippen molar-refractivity contribution >= 4 is 22.5 Å². The topological polar surface area (TPSA) is 63.1 Å². The van der Waals surface area contributed by atoms with E-state index in [0.29, 0.717) is 5.13 Å². The number of carbonyl (C=O) groups is 1. The van der Waals surface area contributed by atoms with Gasteiger partial charge in [0.2, 0.25) is 0 Å². The molecule has 1 saturated carbocycles. The second kappa shape index (κ2) is 4.56. The Kier molecular flexibility index (Phi) is 2.78. The molecule has 0 bridgehead atoms. The third-order valence-electron chi connectivity index (χ3n) is 4.71. The van der Waals surface area contributed by atoms with Gasteiger partial charge in [-0.25, -0.2) is 9.78 Å². The summed E-state index contributed by atoms with van der Waals surface area (Å²) in [5.74, 6) is 2.24. The summed E-state index contributed by atoms with van der Waals surface area (Å²) in [4.78, 5) is 18.6. The van der Waals surface area contributed by atoms with Gasteiger partial charge in [0.25, 0.3) is 0 Å². The van der Waals surface area contributed by atoms with Crippen molar-refractivity contribution in [1.29, 1.82) is 0 Å². The van der Waals surface area contributed by atoms with Crippen molar-refractivity contribution in [3.05, 3.63) is 17.6 Å². The molecule has 7 heteroatoms. The fourth-order valence-electron chi connectivity index (χ4n) is 3.23. The highest BCUT2D eigenvalue weighted by Gasteiger charge is 2.53. The van der Waals surface area contributed by atoms with Gasteiger partial charge in [-0.2, -0.15) is 5.10 Å². The van der Waals surface area contributed by atoms with Crippen molar-refractivity contribution in [2.45, 2.75) is 6.92 Å². The number of piperidine rings is 1. The van der Waals surface area contributed by atoms with E-state index in [4.69, 9.17) is 0 Å². The van der Waals surface area contributed by atoms with E-state index in [-0.39, 0.29) is 6.03 Å². The Hall–Kier alpha value is -1.89. The van der Waals surface area contributed by atoms with E-state index < -0.39 is 0 Å². The van der Waals surface area contributed by atoms with Gasteiger partial charge in [0.1, 0.15) is 5.69 Å². The van der Waals surface area contributed by atoms with Gasteiger partial charge in [0.15, 0.2) is 5.13 Å². The van der Waals surface area contributed by atoms with Crippen LogP contribution in [0.15, 0.2) is 17.6 Å². The van der Waals surface area contributed by atoms with Crippen LogP contribution in [0, 0.1) is 17.8 Å². The van der Waals surface area contributed by atoms with E-state index in [0.717, 1.165) is 42.2 Å². The minimum atomic E-state index is -0.0275. The molecule has 1 N–H and O–H groups in total.